The standard InChI is InChI=1S/C9H10N2S.C2H6O4S/c1-2-11-7-5-3-4-6-8(7)12-9(11)10;1-2-6-7(3,4)5/h3-6,10H,2H2,1H3;2H2,1H3,(H,3,4,5). The minimum Gasteiger partial charge on any atom is -0.726 e. The molecule has 0 bridgehead atoms. The molecule has 0 amide bonds. The van der Waals surface area contributed by atoms with Gasteiger partial charge in [-0.05, 0) is 37.3 Å². The molecular weight excluding hydrogens is 288 g/mol. The van der Waals surface area contributed by atoms with Crippen molar-refractivity contribution in [3.63, 3.8) is 0 Å². The van der Waals surface area contributed by atoms with Crippen LogP contribution in [0.5, 0.6) is 0 Å². The molecule has 0 saturated heterocycles. The number of aryl methyl sites for hydroxylation is 1. The largest absolute Gasteiger partial charge is 0.726 e. The number of aromatic nitrogens is 1. The van der Waals surface area contributed by atoms with Gasteiger partial charge in [-0.1, -0.05) is 12.1 Å². The Balaban J connectivity index is 0.000000224. The minimum atomic E-state index is -4.42. The zero-order valence-corrected chi connectivity index (χ0v) is 12.3. The van der Waals surface area contributed by atoms with E-state index in [1.807, 2.05) is 12.1 Å². The van der Waals surface area contributed by atoms with E-state index in [0.29, 0.717) is 0 Å². The van der Waals surface area contributed by atoms with Crippen LogP contribution in [0.1, 0.15) is 13.8 Å². The fraction of sp³-hybridized carbons (Fsp3) is 0.364. The average molecular weight is 304 g/mol. The van der Waals surface area contributed by atoms with E-state index in [1.165, 1.54) is 17.1 Å². The number of fused-ring (bicyclic) bond motifs is 1. The van der Waals surface area contributed by atoms with Crippen LogP contribution in [0, 0.1) is 0 Å². The number of nitrogens with two attached hydrogens (primary N) is 1. The van der Waals surface area contributed by atoms with Crippen LogP contribution in [0.3, 0.4) is 0 Å². The second-order valence-corrected chi connectivity index (χ2v) is 5.58. The van der Waals surface area contributed by atoms with Gasteiger partial charge in [0.05, 0.1) is 17.9 Å². The summed E-state index contributed by atoms with van der Waals surface area (Å²) in [4.78, 5) is 0. The Hall–Kier alpha value is -1.22. The SMILES string of the molecule is CCOS(=O)(=O)[O-].CC[n+]1c(N)sc2ccccc21. The zero-order chi connectivity index (χ0) is 14.5. The Bertz CT molecular complexity index is 637. The van der Waals surface area contributed by atoms with E-state index >= 15 is 0 Å². The second-order valence-electron chi connectivity index (χ2n) is 3.47. The number of nitrogen functional groups attached to an aromatic ring is 1. The normalized spacial score (nSPS) is 11.1. The van der Waals surface area contributed by atoms with Crippen molar-refractivity contribution >= 4 is 37.1 Å². The Kier molecular flexibility index (Phi) is 5.67. The first kappa shape index (κ1) is 15.8. The summed E-state index contributed by atoms with van der Waals surface area (Å²) >= 11 is 1.64. The molecule has 2 aromatic rings. The highest BCUT2D eigenvalue weighted by atomic mass is 32.3. The topological polar surface area (TPSA) is 96.3 Å². The maximum Gasteiger partial charge on any atom is 0.332 e. The first-order valence-electron chi connectivity index (χ1n) is 5.66. The van der Waals surface area contributed by atoms with E-state index in [9.17, 15) is 13.0 Å². The van der Waals surface area contributed by atoms with Gasteiger partial charge in [0.1, 0.15) is 5.52 Å². The van der Waals surface area contributed by atoms with Gasteiger partial charge >= 0.3 is 5.13 Å². The van der Waals surface area contributed by atoms with Gasteiger partial charge in [0.15, 0.2) is 0 Å². The average Bonchev–Trinajstić information content (AvgIpc) is 2.63. The van der Waals surface area contributed by atoms with E-state index in [2.05, 4.69) is 27.8 Å². The van der Waals surface area contributed by atoms with Crippen LogP contribution in [0.25, 0.3) is 10.2 Å². The van der Waals surface area contributed by atoms with E-state index in [1.54, 1.807) is 11.3 Å². The maximum atomic E-state index is 9.45. The smallest absolute Gasteiger partial charge is 0.332 e. The molecule has 0 aliphatic rings. The van der Waals surface area contributed by atoms with Gasteiger partial charge in [-0.3, -0.25) is 9.92 Å². The fourth-order valence-electron chi connectivity index (χ4n) is 1.52. The van der Waals surface area contributed by atoms with Crippen molar-refractivity contribution in [2.24, 2.45) is 0 Å². The van der Waals surface area contributed by atoms with Crippen LogP contribution < -0.4 is 10.3 Å². The molecule has 2 N–H and O–H groups in total. The molecule has 0 radical (unpaired) electrons. The van der Waals surface area contributed by atoms with Crippen molar-refractivity contribution in [3.05, 3.63) is 24.3 Å². The molecule has 0 atom stereocenters. The number of para-hydroxylation sites is 1. The van der Waals surface area contributed by atoms with Crippen molar-refractivity contribution < 1.29 is 21.7 Å². The van der Waals surface area contributed by atoms with E-state index in [0.717, 1.165) is 11.7 Å². The predicted octanol–water partition coefficient (Wildman–Crippen LogP) is 1.27. The van der Waals surface area contributed by atoms with Gasteiger partial charge < -0.3 is 4.55 Å². The van der Waals surface area contributed by atoms with Crippen molar-refractivity contribution in [3.8, 4) is 0 Å². The second kappa shape index (κ2) is 6.80. The molecule has 2 rings (SSSR count). The van der Waals surface area contributed by atoms with Crippen LogP contribution in [0.15, 0.2) is 24.3 Å². The fourth-order valence-corrected chi connectivity index (χ4v) is 2.80. The summed E-state index contributed by atoms with van der Waals surface area (Å²) < 4.78 is 35.4. The van der Waals surface area contributed by atoms with Crippen molar-refractivity contribution in [1.82, 2.24) is 0 Å². The summed E-state index contributed by atoms with van der Waals surface area (Å²) in [5, 5.41) is 0.888. The molecule has 0 spiro atoms. The van der Waals surface area contributed by atoms with Gasteiger partial charge in [0.2, 0.25) is 10.4 Å². The van der Waals surface area contributed by atoms with Crippen LogP contribution in [-0.4, -0.2) is 19.6 Å². The predicted molar refractivity (Wildman–Crippen MR) is 73.4 cm³/mol. The molecule has 106 valence electrons. The lowest BCUT2D eigenvalue weighted by Gasteiger charge is -2.02. The molecule has 0 aliphatic carbocycles. The molecule has 19 heavy (non-hydrogen) atoms. The number of hydrogen-bond donors (Lipinski definition) is 1. The van der Waals surface area contributed by atoms with Gasteiger partial charge in [0, 0.05) is 0 Å². The summed E-state index contributed by atoms with van der Waals surface area (Å²) in [6.45, 7) is 4.38. The first-order chi connectivity index (χ1) is 8.89. The number of benzene rings is 1. The molecule has 6 nitrogen and oxygen atoms in total. The van der Waals surface area contributed by atoms with Crippen LogP contribution in [0.4, 0.5) is 5.13 Å². The van der Waals surface area contributed by atoms with Gasteiger partial charge in [0.25, 0.3) is 0 Å². The summed E-state index contributed by atoms with van der Waals surface area (Å²) in [5.74, 6) is 0. The van der Waals surface area contributed by atoms with Gasteiger partial charge in [-0.2, -0.15) is 0 Å². The summed E-state index contributed by atoms with van der Waals surface area (Å²) in [7, 11) is -4.42. The highest BCUT2D eigenvalue weighted by Crippen LogP contribution is 2.20. The third-order valence-electron chi connectivity index (χ3n) is 2.22. The minimum absolute atomic E-state index is 0.0914. The van der Waals surface area contributed by atoms with E-state index in [-0.39, 0.29) is 6.61 Å². The number of anilines is 1. The summed E-state index contributed by atoms with van der Waals surface area (Å²) in [6.07, 6.45) is 0. The quantitative estimate of drug-likeness (QED) is 0.523. The molecule has 1 aromatic carbocycles. The molecule has 1 aromatic heterocycles. The lowest BCUT2D eigenvalue weighted by molar-refractivity contribution is -0.649. The first-order valence-corrected chi connectivity index (χ1v) is 7.81. The molecular formula is C11H16N2O4S2. The highest BCUT2D eigenvalue weighted by Gasteiger charge is 2.11. The molecule has 0 saturated carbocycles. The van der Waals surface area contributed by atoms with Gasteiger partial charge in [-0.25, -0.2) is 13.0 Å². The van der Waals surface area contributed by atoms with E-state index < -0.39 is 10.4 Å². The number of hydrogen-bond acceptors (Lipinski definition) is 6. The third kappa shape index (κ3) is 4.75. The zero-order valence-electron chi connectivity index (χ0n) is 10.7. The number of nitrogens with zero attached hydrogens (tertiary/aromatic N) is 1. The highest BCUT2D eigenvalue weighted by molar-refractivity contribution is 7.80. The lowest BCUT2D eigenvalue weighted by atomic mass is 10.3. The molecule has 0 aliphatic heterocycles. The molecule has 1 heterocycles. The maximum absolute atomic E-state index is 9.45. The Morgan fingerprint density at radius 1 is 1.37 bits per heavy atom. The Labute approximate surface area is 116 Å². The monoisotopic (exact) mass is 304 g/mol. The summed E-state index contributed by atoms with van der Waals surface area (Å²) in [6, 6.07) is 8.28. The number of rotatable bonds is 3. The van der Waals surface area contributed by atoms with Crippen molar-refractivity contribution in [2.75, 3.05) is 12.3 Å². The van der Waals surface area contributed by atoms with Crippen molar-refractivity contribution in [1.29, 1.82) is 0 Å². The number of thiazole rings is 1. The summed E-state index contributed by atoms with van der Waals surface area (Å²) in [5.41, 5.74) is 7.08. The van der Waals surface area contributed by atoms with Crippen LogP contribution in [-0.2, 0) is 21.1 Å². The molecule has 8 heteroatoms. The van der Waals surface area contributed by atoms with Gasteiger partial charge in [-0.15, -0.1) is 0 Å². The molecule has 0 fully saturated rings. The van der Waals surface area contributed by atoms with Crippen LogP contribution >= 0.6 is 11.3 Å². The molecule has 0 unspecified atom stereocenters. The van der Waals surface area contributed by atoms with E-state index in [4.69, 9.17) is 5.73 Å². The Morgan fingerprint density at radius 2 is 2.00 bits per heavy atom. The third-order valence-corrected chi connectivity index (χ3v) is 3.73. The van der Waals surface area contributed by atoms with Crippen LogP contribution in [0.2, 0.25) is 0 Å². The van der Waals surface area contributed by atoms with Crippen molar-refractivity contribution in [2.45, 2.75) is 20.4 Å². The Morgan fingerprint density at radius 3 is 2.47 bits per heavy atom. The lowest BCUT2D eigenvalue weighted by Crippen LogP contribution is -2.33.